The van der Waals surface area contributed by atoms with Crippen molar-refractivity contribution >= 4 is 22.6 Å². The van der Waals surface area contributed by atoms with E-state index in [2.05, 4.69) is 16.0 Å². The molecule has 0 bridgehead atoms. The minimum atomic E-state index is 0.0715. The smallest absolute Gasteiger partial charge is 0.125 e. The van der Waals surface area contributed by atoms with Crippen LogP contribution in [0, 0.1) is 5.41 Å². The van der Waals surface area contributed by atoms with Crippen LogP contribution in [0.5, 0.6) is 0 Å². The molecule has 0 aliphatic heterocycles. The maximum absolute atomic E-state index is 7.43. The largest absolute Gasteiger partial charge is 0.384 e. The topological polar surface area (TPSA) is 104 Å². The van der Waals surface area contributed by atoms with E-state index in [4.69, 9.17) is 16.9 Å². The van der Waals surface area contributed by atoms with Crippen LogP contribution in [-0.4, -0.2) is 23.7 Å². The van der Waals surface area contributed by atoms with Crippen LogP contribution in [0.25, 0.3) is 22.2 Å². The Balaban J connectivity index is 2.03. The third-order valence-corrected chi connectivity index (χ3v) is 3.67. The molecule has 0 aliphatic rings. The number of hydrogen-bond donors (Lipinski definition) is 4. The highest BCUT2D eigenvalue weighted by Crippen LogP contribution is 2.25. The van der Waals surface area contributed by atoms with Crippen LogP contribution in [0.4, 0.5) is 0 Å². The van der Waals surface area contributed by atoms with E-state index in [-0.39, 0.29) is 5.84 Å². The summed E-state index contributed by atoms with van der Waals surface area (Å²) in [5, 5.41) is 8.54. The number of aromatic amines is 1. The summed E-state index contributed by atoms with van der Waals surface area (Å²) in [7, 11) is 1.68. The van der Waals surface area contributed by atoms with Crippen molar-refractivity contribution in [3.63, 3.8) is 0 Å². The number of rotatable bonds is 3. The molecule has 3 rings (SSSR count). The number of amidine groups is 2. The molecule has 0 aliphatic carbocycles. The maximum Gasteiger partial charge on any atom is 0.125 e. The zero-order chi connectivity index (χ0) is 15.7. The Bertz CT molecular complexity index is 872. The second-order valence-corrected chi connectivity index (χ2v) is 5.08. The summed E-state index contributed by atoms with van der Waals surface area (Å²) in [6.07, 6.45) is 0. The molecule has 0 unspecified atom stereocenters. The van der Waals surface area contributed by atoms with Crippen molar-refractivity contribution in [2.75, 3.05) is 7.05 Å². The number of fused-ring (bicyclic) bond motifs is 1. The summed E-state index contributed by atoms with van der Waals surface area (Å²) in [6.45, 7) is 0. The predicted octanol–water partition coefficient (Wildman–Crippen LogP) is 2.45. The molecule has 2 aromatic carbocycles. The van der Waals surface area contributed by atoms with Gasteiger partial charge in [-0.2, -0.15) is 0 Å². The van der Waals surface area contributed by atoms with Gasteiger partial charge in [0.15, 0.2) is 0 Å². The Labute approximate surface area is 128 Å². The highest BCUT2D eigenvalue weighted by Gasteiger charge is 2.06. The summed E-state index contributed by atoms with van der Waals surface area (Å²) in [6, 6.07) is 15.6. The van der Waals surface area contributed by atoms with Crippen LogP contribution in [-0.2, 0) is 0 Å². The summed E-state index contributed by atoms with van der Waals surface area (Å²) < 4.78 is 0. The van der Waals surface area contributed by atoms with Crippen LogP contribution in [0.2, 0.25) is 0 Å². The van der Waals surface area contributed by atoms with Gasteiger partial charge in [0.2, 0.25) is 0 Å². The summed E-state index contributed by atoms with van der Waals surface area (Å²) in [5.41, 5.74) is 16.0. The fourth-order valence-electron chi connectivity index (χ4n) is 2.40. The quantitative estimate of drug-likeness (QED) is 0.440. The summed E-state index contributed by atoms with van der Waals surface area (Å²) >= 11 is 0. The van der Waals surface area contributed by atoms with Crippen molar-refractivity contribution in [1.29, 1.82) is 5.41 Å². The molecule has 0 spiro atoms. The SMILES string of the molecule is CN=C(N)c1ccc2cc(-c3ccc(C(=N)N)cc3)[nH]c2c1. The zero-order valence-electron chi connectivity index (χ0n) is 12.2. The van der Waals surface area contributed by atoms with E-state index in [0.29, 0.717) is 11.4 Å². The highest BCUT2D eigenvalue weighted by molar-refractivity contribution is 6.01. The van der Waals surface area contributed by atoms with E-state index < -0.39 is 0 Å². The molecule has 0 atom stereocenters. The van der Waals surface area contributed by atoms with E-state index in [9.17, 15) is 0 Å². The van der Waals surface area contributed by atoms with E-state index in [1.165, 1.54) is 0 Å². The number of benzene rings is 2. The van der Waals surface area contributed by atoms with Gasteiger partial charge in [-0.3, -0.25) is 10.4 Å². The Morgan fingerprint density at radius 3 is 2.32 bits per heavy atom. The molecule has 3 aromatic rings. The van der Waals surface area contributed by atoms with Crippen LogP contribution in [0.15, 0.2) is 53.5 Å². The molecule has 110 valence electrons. The number of aromatic nitrogens is 1. The van der Waals surface area contributed by atoms with Gasteiger partial charge in [-0.05, 0) is 17.7 Å². The van der Waals surface area contributed by atoms with Crippen molar-refractivity contribution in [1.82, 2.24) is 4.98 Å². The van der Waals surface area contributed by atoms with Crippen molar-refractivity contribution < 1.29 is 0 Å². The first-order valence-corrected chi connectivity index (χ1v) is 6.88. The first-order chi connectivity index (χ1) is 10.6. The molecule has 5 nitrogen and oxygen atoms in total. The lowest BCUT2D eigenvalue weighted by atomic mass is 10.1. The zero-order valence-corrected chi connectivity index (χ0v) is 12.2. The summed E-state index contributed by atoms with van der Waals surface area (Å²) in [5.74, 6) is 0.589. The molecule has 0 saturated carbocycles. The molecule has 0 radical (unpaired) electrons. The fraction of sp³-hybridized carbons (Fsp3) is 0.0588. The van der Waals surface area contributed by atoms with Crippen LogP contribution < -0.4 is 11.5 Å². The lowest BCUT2D eigenvalue weighted by Gasteiger charge is -2.01. The predicted molar refractivity (Wildman–Crippen MR) is 91.4 cm³/mol. The maximum atomic E-state index is 7.43. The second kappa shape index (κ2) is 5.37. The van der Waals surface area contributed by atoms with E-state index >= 15 is 0 Å². The van der Waals surface area contributed by atoms with Gasteiger partial charge in [0.25, 0.3) is 0 Å². The van der Waals surface area contributed by atoms with E-state index in [0.717, 1.165) is 27.7 Å². The minimum Gasteiger partial charge on any atom is -0.384 e. The van der Waals surface area contributed by atoms with Crippen molar-refractivity contribution in [3.05, 3.63) is 59.7 Å². The van der Waals surface area contributed by atoms with Crippen molar-refractivity contribution in [2.24, 2.45) is 16.5 Å². The number of nitrogen functional groups attached to an aromatic ring is 1. The Morgan fingerprint density at radius 1 is 1.00 bits per heavy atom. The van der Waals surface area contributed by atoms with Gasteiger partial charge < -0.3 is 16.5 Å². The fourth-order valence-corrected chi connectivity index (χ4v) is 2.40. The van der Waals surface area contributed by atoms with Crippen molar-refractivity contribution in [3.8, 4) is 11.3 Å². The molecule has 1 aromatic heterocycles. The highest BCUT2D eigenvalue weighted by atomic mass is 14.8. The monoisotopic (exact) mass is 291 g/mol. The van der Waals surface area contributed by atoms with Crippen LogP contribution >= 0.6 is 0 Å². The first kappa shape index (κ1) is 13.9. The third-order valence-electron chi connectivity index (χ3n) is 3.67. The second-order valence-electron chi connectivity index (χ2n) is 5.08. The number of aliphatic imine (C=N–C) groups is 1. The minimum absolute atomic E-state index is 0.0715. The molecule has 0 fully saturated rings. The first-order valence-electron chi connectivity index (χ1n) is 6.88. The number of nitrogens with two attached hydrogens (primary N) is 2. The van der Waals surface area contributed by atoms with Gasteiger partial charge >= 0.3 is 0 Å². The number of nitrogens with zero attached hydrogens (tertiary/aromatic N) is 1. The average molecular weight is 291 g/mol. The Kier molecular flexibility index (Phi) is 3.39. The van der Waals surface area contributed by atoms with Gasteiger partial charge in [-0.25, -0.2) is 0 Å². The molecular weight excluding hydrogens is 274 g/mol. The van der Waals surface area contributed by atoms with Gasteiger partial charge in [-0.15, -0.1) is 0 Å². The number of hydrogen-bond acceptors (Lipinski definition) is 2. The third kappa shape index (κ3) is 2.44. The molecule has 0 amide bonds. The molecule has 22 heavy (non-hydrogen) atoms. The van der Waals surface area contributed by atoms with Gasteiger partial charge in [0.05, 0.1) is 0 Å². The summed E-state index contributed by atoms with van der Waals surface area (Å²) in [4.78, 5) is 7.39. The molecule has 0 saturated heterocycles. The number of H-pyrrole nitrogens is 1. The number of nitrogens with one attached hydrogen (secondary N) is 2. The average Bonchev–Trinajstić information content (AvgIpc) is 2.97. The van der Waals surface area contributed by atoms with Crippen molar-refractivity contribution in [2.45, 2.75) is 0 Å². The normalized spacial score (nSPS) is 11.8. The Morgan fingerprint density at radius 2 is 1.68 bits per heavy atom. The molecule has 6 N–H and O–H groups in total. The van der Waals surface area contributed by atoms with Gasteiger partial charge in [-0.1, -0.05) is 36.4 Å². The van der Waals surface area contributed by atoms with E-state index in [1.54, 1.807) is 7.05 Å². The standard InChI is InChI=1S/C17H17N5/c1-21-17(20)13-7-6-12-8-14(22-15(12)9-13)10-2-4-11(5-3-10)16(18)19/h2-9,22H,1H3,(H3,18,19)(H2,20,21). The van der Waals surface area contributed by atoms with Crippen LogP contribution in [0.3, 0.4) is 0 Å². The van der Waals surface area contributed by atoms with Gasteiger partial charge in [0.1, 0.15) is 11.7 Å². The lowest BCUT2D eigenvalue weighted by molar-refractivity contribution is 1.39. The molecular formula is C17H17N5. The van der Waals surface area contributed by atoms with Crippen LogP contribution in [0.1, 0.15) is 11.1 Å². The lowest BCUT2D eigenvalue weighted by Crippen LogP contribution is -2.12. The van der Waals surface area contributed by atoms with Gasteiger partial charge in [0, 0.05) is 34.8 Å². The molecule has 5 heteroatoms. The molecule has 1 heterocycles. The Hall–Kier alpha value is -3.08. The van der Waals surface area contributed by atoms with E-state index in [1.807, 2.05) is 42.5 Å².